The zero-order chi connectivity index (χ0) is 30.7. The van der Waals surface area contributed by atoms with Crippen molar-refractivity contribution in [2.24, 2.45) is 0 Å². The Morgan fingerprint density at radius 2 is 0.643 bits per heavy atom. The molecule has 0 aromatic heterocycles. The molecule has 8 nitrogen and oxygen atoms in total. The van der Waals surface area contributed by atoms with Crippen LogP contribution in [0.5, 0.6) is 0 Å². The van der Waals surface area contributed by atoms with Crippen LogP contribution < -0.4 is 80.0 Å². The summed E-state index contributed by atoms with van der Waals surface area (Å²) >= 11 is 0. The molecule has 42 heavy (non-hydrogen) atoms. The minimum atomic E-state index is -0.995. The van der Waals surface area contributed by atoms with E-state index in [9.17, 15) is 29.4 Å². The molecule has 0 saturated heterocycles. The van der Waals surface area contributed by atoms with Crippen LogP contribution in [0.2, 0.25) is 0 Å². The van der Waals surface area contributed by atoms with Gasteiger partial charge in [-0.1, -0.05) is 130 Å². The Hall–Kier alpha value is -0.120. The summed E-state index contributed by atoms with van der Waals surface area (Å²) in [7, 11) is 0. The molecule has 0 bridgehead atoms. The predicted molar refractivity (Wildman–Crippen MR) is 160 cm³/mol. The van der Waals surface area contributed by atoms with Crippen LogP contribution in [-0.2, 0) is 19.2 Å². The maximum atomic E-state index is 11.8. The molecular formula is C32H62N2Na2O6. The van der Waals surface area contributed by atoms with Gasteiger partial charge >= 0.3 is 59.1 Å². The van der Waals surface area contributed by atoms with Gasteiger partial charge in [0.2, 0.25) is 11.8 Å². The summed E-state index contributed by atoms with van der Waals surface area (Å²) < 4.78 is 0. The molecule has 0 aliphatic heterocycles. The van der Waals surface area contributed by atoms with Crippen LogP contribution >= 0.6 is 0 Å². The number of hydrogen-bond donors (Lipinski definition) is 2. The molecule has 238 valence electrons. The van der Waals surface area contributed by atoms with Crippen LogP contribution in [0.4, 0.5) is 0 Å². The third kappa shape index (κ3) is 55.8. The van der Waals surface area contributed by atoms with Crippen molar-refractivity contribution in [3.05, 3.63) is 0 Å². The molecular weight excluding hydrogens is 554 g/mol. The Bertz CT molecular complexity index is 545. The number of rotatable bonds is 25. The number of nitrogens with one attached hydrogen (secondary N) is 2. The van der Waals surface area contributed by atoms with Gasteiger partial charge in [0.15, 0.2) is 0 Å². The molecule has 0 saturated carbocycles. The number of carboxylic acid groups (broad SMARTS) is 2. The van der Waals surface area contributed by atoms with E-state index in [0.717, 1.165) is 25.7 Å². The molecule has 2 amide bonds. The normalized spacial score (nSPS) is 9.52. The van der Waals surface area contributed by atoms with Crippen LogP contribution in [-0.4, -0.2) is 36.8 Å². The van der Waals surface area contributed by atoms with E-state index in [1.165, 1.54) is 104 Å². The summed E-state index contributed by atoms with van der Waals surface area (Å²) in [5.74, 6) is -1.76. The number of carboxylic acids is 2. The summed E-state index contributed by atoms with van der Waals surface area (Å²) in [6.07, 6.45) is 24.3. The van der Waals surface area contributed by atoms with Crippen molar-refractivity contribution in [3.63, 3.8) is 0 Å². The number of carbonyl (C=O) groups is 4. The Morgan fingerprint density at radius 1 is 0.429 bits per heavy atom. The first-order valence-electron chi connectivity index (χ1n) is 16.2. The molecule has 2 N–H and O–H groups in total. The number of carbonyl (C=O) groups excluding carboxylic acids is 4. The van der Waals surface area contributed by atoms with Gasteiger partial charge in [-0.15, -0.1) is 0 Å². The van der Waals surface area contributed by atoms with Crippen molar-refractivity contribution in [2.45, 2.75) is 169 Å². The molecule has 0 spiro atoms. The quantitative estimate of drug-likeness (QED) is 0.103. The van der Waals surface area contributed by atoms with Crippen molar-refractivity contribution < 1.29 is 88.5 Å². The van der Waals surface area contributed by atoms with E-state index >= 15 is 0 Å². The zero-order valence-electron chi connectivity index (χ0n) is 28.4. The van der Waals surface area contributed by atoms with Gasteiger partial charge in [0, 0.05) is 37.9 Å². The van der Waals surface area contributed by atoms with E-state index in [-0.39, 0.29) is 83.8 Å². The van der Waals surface area contributed by atoms with Gasteiger partial charge in [-0.25, -0.2) is 0 Å². The first-order valence-corrected chi connectivity index (χ1v) is 16.2. The van der Waals surface area contributed by atoms with E-state index in [1.54, 1.807) is 0 Å². The summed E-state index contributed by atoms with van der Waals surface area (Å²) in [5.41, 5.74) is 0. The number of hydrogen-bond acceptors (Lipinski definition) is 6. The maximum absolute atomic E-state index is 11.8. The number of amides is 2. The number of unbranched alkanes of at least 4 members (excludes halogenated alkanes) is 16. The van der Waals surface area contributed by atoms with Gasteiger partial charge < -0.3 is 30.4 Å². The van der Waals surface area contributed by atoms with E-state index in [4.69, 9.17) is 0 Å². The Balaban J connectivity index is -0.000000325. The molecule has 0 fully saturated rings. The summed E-state index contributed by atoms with van der Waals surface area (Å²) in [4.78, 5) is 42.2. The molecule has 0 atom stereocenters. The summed E-state index contributed by atoms with van der Waals surface area (Å²) in [5, 5.41) is 24.3. The minimum Gasteiger partial charge on any atom is -0.550 e. The molecule has 0 unspecified atom stereocenters. The molecule has 0 rings (SSSR count). The van der Waals surface area contributed by atoms with Gasteiger partial charge in [0.05, 0.1) is 0 Å². The standard InChI is InChI=1S/C26H52N2O2.2C3H6O2.2Na/c1-3-5-7-9-11-13-15-17-19-21-25(29)27-23-24-28-26(30)22-20-18-16-14-12-10-8-6-4-2;2*1-2-3(4)5;;/h3-24H2,1-2H3,(H,27,29)(H,28,30);2*2H2,1H3,(H,4,5);;/q;;;2*+1/p-2. The summed E-state index contributed by atoms with van der Waals surface area (Å²) in [6.45, 7) is 8.65. The Morgan fingerprint density at radius 3 is 0.857 bits per heavy atom. The largest absolute Gasteiger partial charge is 1.00 e. The van der Waals surface area contributed by atoms with Gasteiger partial charge in [-0.3, -0.25) is 9.59 Å². The monoisotopic (exact) mass is 616 g/mol. The first kappa shape index (κ1) is 51.5. The SMILES string of the molecule is CCC(=O)[O-].CCC(=O)[O-].CCCCCCCCCCCC(=O)NCCNC(=O)CCCCCCCCCCC.[Na+].[Na+]. The topological polar surface area (TPSA) is 138 Å². The van der Waals surface area contributed by atoms with Crippen molar-refractivity contribution in [1.82, 2.24) is 10.6 Å². The molecule has 0 aromatic carbocycles. The van der Waals surface area contributed by atoms with Crippen molar-refractivity contribution in [1.29, 1.82) is 0 Å². The van der Waals surface area contributed by atoms with Crippen molar-refractivity contribution in [2.75, 3.05) is 13.1 Å². The van der Waals surface area contributed by atoms with Gasteiger partial charge in [-0.2, -0.15) is 0 Å². The van der Waals surface area contributed by atoms with Crippen LogP contribution in [0.25, 0.3) is 0 Å². The average molecular weight is 617 g/mol. The first-order chi connectivity index (χ1) is 19.2. The third-order valence-corrected chi connectivity index (χ3v) is 6.36. The van der Waals surface area contributed by atoms with Crippen molar-refractivity contribution in [3.8, 4) is 0 Å². The maximum Gasteiger partial charge on any atom is 1.00 e. The van der Waals surface area contributed by atoms with Crippen LogP contribution in [0.1, 0.15) is 169 Å². The molecule has 0 aliphatic rings. The van der Waals surface area contributed by atoms with Crippen LogP contribution in [0.15, 0.2) is 0 Å². The second kappa shape index (κ2) is 45.3. The van der Waals surface area contributed by atoms with Gasteiger partial charge in [0.25, 0.3) is 0 Å². The van der Waals surface area contributed by atoms with Crippen molar-refractivity contribution >= 4 is 23.8 Å². The van der Waals surface area contributed by atoms with E-state index in [1.807, 2.05) is 0 Å². The molecule has 0 aliphatic carbocycles. The zero-order valence-corrected chi connectivity index (χ0v) is 32.4. The fourth-order valence-electron chi connectivity index (χ4n) is 3.77. The molecule has 0 aromatic rings. The predicted octanol–water partition coefficient (Wildman–Crippen LogP) is -0.639. The van der Waals surface area contributed by atoms with Gasteiger partial charge in [-0.05, 0) is 25.7 Å². The average Bonchev–Trinajstić information content (AvgIpc) is 2.94. The van der Waals surface area contributed by atoms with E-state index in [0.29, 0.717) is 25.9 Å². The van der Waals surface area contributed by atoms with Crippen LogP contribution in [0.3, 0.4) is 0 Å². The van der Waals surface area contributed by atoms with Crippen LogP contribution in [0, 0.1) is 0 Å². The summed E-state index contributed by atoms with van der Waals surface area (Å²) in [6, 6.07) is 0. The van der Waals surface area contributed by atoms with E-state index < -0.39 is 11.9 Å². The molecule has 0 heterocycles. The van der Waals surface area contributed by atoms with Gasteiger partial charge in [0.1, 0.15) is 0 Å². The molecule has 10 heteroatoms. The number of aliphatic carboxylic acids is 2. The minimum absolute atomic E-state index is 0. The fourth-order valence-corrected chi connectivity index (χ4v) is 3.77. The van der Waals surface area contributed by atoms with E-state index in [2.05, 4.69) is 24.5 Å². The fraction of sp³-hybridized carbons (Fsp3) is 0.875. The smallest absolute Gasteiger partial charge is 0.550 e. The molecule has 0 radical (unpaired) electrons. The second-order valence-corrected chi connectivity index (χ2v) is 10.3. The second-order valence-electron chi connectivity index (χ2n) is 10.3. The Labute approximate surface area is 302 Å². The third-order valence-electron chi connectivity index (χ3n) is 6.36. The Kier molecular flexibility index (Phi) is 55.5.